The lowest BCUT2D eigenvalue weighted by molar-refractivity contribution is -0.402. The van der Waals surface area contributed by atoms with Crippen molar-refractivity contribution >= 4 is 34.4 Å². The maximum absolute atomic E-state index is 12.6. The van der Waals surface area contributed by atoms with Gasteiger partial charge in [0.25, 0.3) is 5.56 Å². The third kappa shape index (κ3) is 2.99. The molecule has 12 heteroatoms. The van der Waals surface area contributed by atoms with E-state index in [9.17, 15) is 19.7 Å². The van der Waals surface area contributed by atoms with Gasteiger partial charge in [0.05, 0.1) is 18.0 Å². The molecule has 140 valence electrons. The van der Waals surface area contributed by atoms with Gasteiger partial charge in [-0.05, 0) is 24.3 Å². The SMILES string of the molecule is O=C(Nn1cnc2c(cnn2-c2cccc(Cl)c2)c1=O)c1ccc([N+](=O)[O-])o1. The van der Waals surface area contributed by atoms with Crippen LogP contribution in [0.4, 0.5) is 5.88 Å². The smallest absolute Gasteiger partial charge is 0.395 e. The van der Waals surface area contributed by atoms with E-state index in [2.05, 4.69) is 15.5 Å². The Labute approximate surface area is 159 Å². The number of rotatable bonds is 4. The second-order valence-corrected chi connectivity index (χ2v) is 5.97. The Morgan fingerprint density at radius 1 is 1.29 bits per heavy atom. The van der Waals surface area contributed by atoms with Crippen LogP contribution in [-0.2, 0) is 0 Å². The second kappa shape index (κ2) is 6.63. The van der Waals surface area contributed by atoms with Crippen LogP contribution in [0.2, 0.25) is 5.02 Å². The van der Waals surface area contributed by atoms with Crippen molar-refractivity contribution in [2.45, 2.75) is 0 Å². The van der Waals surface area contributed by atoms with E-state index in [1.54, 1.807) is 24.3 Å². The molecule has 1 amide bonds. The molecule has 3 heterocycles. The fourth-order valence-corrected chi connectivity index (χ4v) is 2.69. The van der Waals surface area contributed by atoms with Gasteiger partial charge in [-0.25, -0.2) is 14.3 Å². The summed E-state index contributed by atoms with van der Waals surface area (Å²) in [4.78, 5) is 38.8. The van der Waals surface area contributed by atoms with Crippen molar-refractivity contribution in [3.8, 4) is 5.69 Å². The molecule has 28 heavy (non-hydrogen) atoms. The molecule has 0 spiro atoms. The van der Waals surface area contributed by atoms with Crippen LogP contribution < -0.4 is 11.0 Å². The summed E-state index contributed by atoms with van der Waals surface area (Å²) < 4.78 is 7.08. The van der Waals surface area contributed by atoms with Crippen LogP contribution in [0, 0.1) is 10.1 Å². The van der Waals surface area contributed by atoms with Crippen molar-refractivity contribution in [1.29, 1.82) is 0 Å². The van der Waals surface area contributed by atoms with Gasteiger partial charge in [-0.2, -0.15) is 5.10 Å². The zero-order valence-corrected chi connectivity index (χ0v) is 14.5. The van der Waals surface area contributed by atoms with Crippen molar-refractivity contribution < 1.29 is 14.1 Å². The highest BCUT2D eigenvalue weighted by atomic mass is 35.5. The van der Waals surface area contributed by atoms with Gasteiger partial charge < -0.3 is 4.42 Å². The van der Waals surface area contributed by atoms with E-state index >= 15 is 0 Å². The topological polar surface area (TPSA) is 138 Å². The van der Waals surface area contributed by atoms with Crippen molar-refractivity contribution in [1.82, 2.24) is 19.4 Å². The predicted molar refractivity (Wildman–Crippen MR) is 97.2 cm³/mol. The molecule has 0 aliphatic heterocycles. The van der Waals surface area contributed by atoms with Gasteiger partial charge in [-0.3, -0.25) is 25.1 Å². The molecule has 0 aliphatic carbocycles. The zero-order valence-electron chi connectivity index (χ0n) is 13.8. The van der Waals surface area contributed by atoms with Crippen molar-refractivity contribution in [2.24, 2.45) is 0 Å². The summed E-state index contributed by atoms with van der Waals surface area (Å²) in [6.45, 7) is 0. The second-order valence-electron chi connectivity index (χ2n) is 5.53. The van der Waals surface area contributed by atoms with E-state index < -0.39 is 22.3 Å². The minimum absolute atomic E-state index is 0.146. The number of nitro groups is 1. The fourth-order valence-electron chi connectivity index (χ4n) is 2.50. The summed E-state index contributed by atoms with van der Waals surface area (Å²) in [5, 5.41) is 15.4. The summed E-state index contributed by atoms with van der Waals surface area (Å²) >= 11 is 5.98. The summed E-state index contributed by atoms with van der Waals surface area (Å²) in [6, 6.07) is 9.00. The Balaban J connectivity index is 1.68. The van der Waals surface area contributed by atoms with Gasteiger partial charge in [0, 0.05) is 5.02 Å². The largest absolute Gasteiger partial charge is 0.433 e. The summed E-state index contributed by atoms with van der Waals surface area (Å²) in [5.41, 5.74) is 2.55. The number of benzene rings is 1. The maximum Gasteiger partial charge on any atom is 0.433 e. The van der Waals surface area contributed by atoms with Crippen LogP contribution >= 0.6 is 11.6 Å². The van der Waals surface area contributed by atoms with Crippen LogP contribution in [0.25, 0.3) is 16.7 Å². The van der Waals surface area contributed by atoms with Crippen LogP contribution in [0.5, 0.6) is 0 Å². The first-order valence-corrected chi connectivity index (χ1v) is 8.09. The molecule has 3 aromatic heterocycles. The zero-order chi connectivity index (χ0) is 19.8. The predicted octanol–water partition coefficient (Wildman–Crippen LogP) is 2.12. The molecule has 0 bridgehead atoms. The average molecular weight is 401 g/mol. The monoisotopic (exact) mass is 400 g/mol. The third-order valence-electron chi connectivity index (χ3n) is 3.76. The standard InChI is InChI=1S/C16H9ClN6O5/c17-9-2-1-3-10(6-9)22-14-11(7-19-22)16(25)21(8-18-14)20-15(24)12-4-5-13(28-12)23(26)27/h1-8H,(H,20,24). The van der Waals surface area contributed by atoms with Crippen molar-refractivity contribution in [3.63, 3.8) is 0 Å². The van der Waals surface area contributed by atoms with Gasteiger partial charge in [0.1, 0.15) is 16.6 Å². The number of nitrogens with zero attached hydrogens (tertiary/aromatic N) is 5. The Kier molecular flexibility index (Phi) is 4.12. The van der Waals surface area contributed by atoms with Gasteiger partial charge in [0.2, 0.25) is 5.76 Å². The quantitative estimate of drug-likeness (QED) is 0.409. The third-order valence-corrected chi connectivity index (χ3v) is 3.99. The lowest BCUT2D eigenvalue weighted by atomic mass is 10.3. The van der Waals surface area contributed by atoms with Crippen LogP contribution in [0.3, 0.4) is 0 Å². The van der Waals surface area contributed by atoms with E-state index in [4.69, 9.17) is 16.0 Å². The lowest BCUT2D eigenvalue weighted by Crippen LogP contribution is -2.33. The number of furan rings is 1. The highest BCUT2D eigenvalue weighted by molar-refractivity contribution is 6.30. The van der Waals surface area contributed by atoms with E-state index in [1.807, 2.05) is 0 Å². The van der Waals surface area contributed by atoms with Crippen LogP contribution in [0.15, 0.2) is 58.1 Å². The number of nitrogens with one attached hydrogen (secondary N) is 1. The van der Waals surface area contributed by atoms with Gasteiger partial charge in [-0.15, -0.1) is 0 Å². The number of carbonyl (C=O) groups is 1. The van der Waals surface area contributed by atoms with Crippen LogP contribution in [-0.4, -0.2) is 30.3 Å². The minimum atomic E-state index is -0.849. The first-order chi connectivity index (χ1) is 13.4. The molecule has 4 rings (SSSR count). The van der Waals surface area contributed by atoms with E-state index in [0.717, 1.165) is 23.1 Å². The minimum Gasteiger partial charge on any atom is -0.395 e. The van der Waals surface area contributed by atoms with Crippen molar-refractivity contribution in [3.05, 3.63) is 80.2 Å². The molecule has 1 N–H and O–H groups in total. The molecule has 0 saturated heterocycles. The number of aromatic nitrogens is 4. The average Bonchev–Trinajstić information content (AvgIpc) is 3.31. The number of carbonyl (C=O) groups excluding carboxylic acids is 1. The first-order valence-electron chi connectivity index (χ1n) is 7.71. The first kappa shape index (κ1) is 17.4. The van der Waals surface area contributed by atoms with Gasteiger partial charge in [-0.1, -0.05) is 17.7 Å². The summed E-state index contributed by atoms with van der Waals surface area (Å²) in [7, 11) is 0. The highest BCUT2D eigenvalue weighted by Crippen LogP contribution is 2.18. The molecule has 0 atom stereocenters. The maximum atomic E-state index is 12.6. The molecule has 0 aliphatic rings. The fraction of sp³-hybridized carbons (Fsp3) is 0. The Hall–Kier alpha value is -3.99. The number of hydrogen-bond acceptors (Lipinski definition) is 7. The van der Waals surface area contributed by atoms with Crippen LogP contribution in [0.1, 0.15) is 10.6 Å². The number of fused-ring (bicyclic) bond motifs is 1. The molecular weight excluding hydrogens is 392 g/mol. The molecule has 0 radical (unpaired) electrons. The Morgan fingerprint density at radius 2 is 2.11 bits per heavy atom. The lowest BCUT2D eigenvalue weighted by Gasteiger charge is -2.07. The summed E-state index contributed by atoms with van der Waals surface area (Å²) in [6.07, 6.45) is 2.41. The normalized spacial score (nSPS) is 10.9. The highest BCUT2D eigenvalue weighted by Gasteiger charge is 2.19. The Morgan fingerprint density at radius 3 is 2.82 bits per heavy atom. The number of halogens is 1. The Bertz CT molecular complexity index is 1290. The molecule has 0 saturated carbocycles. The van der Waals surface area contributed by atoms with E-state index in [-0.39, 0.29) is 16.8 Å². The van der Waals surface area contributed by atoms with Gasteiger partial charge in [0.15, 0.2) is 5.65 Å². The molecule has 0 fully saturated rings. The van der Waals surface area contributed by atoms with E-state index in [1.165, 1.54) is 10.9 Å². The van der Waals surface area contributed by atoms with E-state index in [0.29, 0.717) is 10.7 Å². The molecule has 4 aromatic rings. The number of hydrogen-bond donors (Lipinski definition) is 1. The molecule has 11 nitrogen and oxygen atoms in total. The summed E-state index contributed by atoms with van der Waals surface area (Å²) in [5.74, 6) is -1.76. The van der Waals surface area contributed by atoms with Gasteiger partial charge >= 0.3 is 11.8 Å². The molecule has 1 aromatic carbocycles. The molecule has 0 unspecified atom stereocenters. The molecular formula is C16H9ClN6O5. The van der Waals surface area contributed by atoms with Crippen molar-refractivity contribution in [2.75, 3.05) is 5.43 Å². The number of amides is 1.